The molecule has 0 aliphatic carbocycles. The van der Waals surface area contributed by atoms with Crippen LogP contribution in [0.4, 0.5) is 5.82 Å². The van der Waals surface area contributed by atoms with Gasteiger partial charge in [-0.3, -0.25) is 0 Å². The zero-order chi connectivity index (χ0) is 15.4. The Bertz CT molecular complexity index is 769. The van der Waals surface area contributed by atoms with Crippen molar-refractivity contribution in [3.63, 3.8) is 0 Å². The van der Waals surface area contributed by atoms with Crippen molar-refractivity contribution in [1.29, 1.82) is 0 Å². The van der Waals surface area contributed by atoms with Gasteiger partial charge >= 0.3 is 0 Å². The van der Waals surface area contributed by atoms with Crippen molar-refractivity contribution in [2.75, 3.05) is 18.4 Å². The number of benzene rings is 2. The summed E-state index contributed by atoms with van der Waals surface area (Å²) in [5.41, 5.74) is 7.56. The molecule has 0 radical (unpaired) electrons. The summed E-state index contributed by atoms with van der Waals surface area (Å²) in [5, 5.41) is 6.41. The number of hydrogen-bond donors (Lipinski definition) is 2. The van der Waals surface area contributed by atoms with Gasteiger partial charge < -0.3 is 11.1 Å². The summed E-state index contributed by atoms with van der Waals surface area (Å²) in [6.07, 6.45) is 0.918. The van der Waals surface area contributed by atoms with Crippen molar-refractivity contribution >= 4 is 28.2 Å². The molecule has 0 atom stereocenters. The second-order valence-electron chi connectivity index (χ2n) is 5.15. The molecule has 0 saturated carbocycles. The lowest BCUT2D eigenvalue weighted by Gasteiger charge is -2.11. The van der Waals surface area contributed by atoms with E-state index in [-0.39, 0.29) is 0 Å². The average Bonchev–Trinajstić information content (AvgIpc) is 2.55. The van der Waals surface area contributed by atoms with E-state index in [0.717, 1.165) is 45.8 Å². The van der Waals surface area contributed by atoms with Crippen molar-refractivity contribution in [3.05, 3.63) is 59.6 Å². The summed E-state index contributed by atoms with van der Waals surface area (Å²) in [6, 6.07) is 18.1. The molecule has 1 aromatic heterocycles. The van der Waals surface area contributed by atoms with E-state index in [1.165, 1.54) is 0 Å². The summed E-state index contributed by atoms with van der Waals surface area (Å²) in [4.78, 5) is 4.78. The minimum atomic E-state index is 0.668. The molecule has 4 heteroatoms. The van der Waals surface area contributed by atoms with Crippen molar-refractivity contribution in [2.45, 2.75) is 6.42 Å². The number of anilines is 1. The number of aromatic nitrogens is 1. The van der Waals surface area contributed by atoms with Gasteiger partial charge in [-0.2, -0.15) is 0 Å². The van der Waals surface area contributed by atoms with E-state index < -0.39 is 0 Å². The highest BCUT2D eigenvalue weighted by atomic mass is 35.5. The predicted octanol–water partition coefficient (Wildman–Crippen LogP) is 4.32. The smallest absolute Gasteiger partial charge is 0.134 e. The Balaban J connectivity index is 2.05. The number of halogens is 1. The van der Waals surface area contributed by atoms with Gasteiger partial charge in [0.2, 0.25) is 0 Å². The predicted molar refractivity (Wildman–Crippen MR) is 94.4 cm³/mol. The SMILES string of the molecule is NCCCNc1nc(-c2ccc(Cl)cc2)cc2ccccc12. The van der Waals surface area contributed by atoms with E-state index in [1.54, 1.807) is 0 Å². The summed E-state index contributed by atoms with van der Waals surface area (Å²) >= 11 is 5.97. The quantitative estimate of drug-likeness (QED) is 0.690. The highest BCUT2D eigenvalue weighted by Gasteiger charge is 2.07. The van der Waals surface area contributed by atoms with E-state index in [1.807, 2.05) is 36.4 Å². The van der Waals surface area contributed by atoms with Crippen LogP contribution in [-0.2, 0) is 0 Å². The lowest BCUT2D eigenvalue weighted by Crippen LogP contribution is -2.09. The third kappa shape index (κ3) is 3.21. The first-order valence-corrected chi connectivity index (χ1v) is 7.75. The highest BCUT2D eigenvalue weighted by Crippen LogP contribution is 2.28. The molecule has 1 heterocycles. The summed E-state index contributed by atoms with van der Waals surface area (Å²) in [6.45, 7) is 1.49. The molecule has 112 valence electrons. The molecule has 0 unspecified atom stereocenters. The largest absolute Gasteiger partial charge is 0.369 e. The zero-order valence-corrected chi connectivity index (χ0v) is 13.0. The van der Waals surface area contributed by atoms with Gasteiger partial charge in [0.1, 0.15) is 5.82 Å². The number of nitrogens with zero attached hydrogens (tertiary/aromatic N) is 1. The first-order chi connectivity index (χ1) is 10.8. The minimum Gasteiger partial charge on any atom is -0.369 e. The lowest BCUT2D eigenvalue weighted by atomic mass is 10.1. The maximum absolute atomic E-state index is 5.97. The van der Waals surface area contributed by atoms with Gasteiger partial charge in [-0.05, 0) is 36.6 Å². The van der Waals surface area contributed by atoms with E-state index in [4.69, 9.17) is 22.3 Å². The third-order valence-corrected chi connectivity index (χ3v) is 3.81. The topological polar surface area (TPSA) is 50.9 Å². The van der Waals surface area contributed by atoms with E-state index >= 15 is 0 Å². The van der Waals surface area contributed by atoms with Crippen LogP contribution < -0.4 is 11.1 Å². The number of fused-ring (bicyclic) bond motifs is 1. The van der Waals surface area contributed by atoms with E-state index in [9.17, 15) is 0 Å². The average molecular weight is 312 g/mol. The van der Waals surface area contributed by atoms with Gasteiger partial charge in [0.15, 0.2) is 0 Å². The maximum Gasteiger partial charge on any atom is 0.134 e. The molecule has 3 nitrogen and oxygen atoms in total. The molecule has 0 spiro atoms. The Kier molecular flexibility index (Phi) is 4.56. The number of hydrogen-bond acceptors (Lipinski definition) is 3. The fourth-order valence-corrected chi connectivity index (χ4v) is 2.54. The summed E-state index contributed by atoms with van der Waals surface area (Å²) < 4.78 is 0. The van der Waals surface area contributed by atoms with Gasteiger partial charge in [0.25, 0.3) is 0 Å². The molecule has 22 heavy (non-hydrogen) atoms. The Morgan fingerprint density at radius 2 is 1.82 bits per heavy atom. The first kappa shape index (κ1) is 14.8. The van der Waals surface area contributed by atoms with Gasteiger partial charge in [0.05, 0.1) is 5.69 Å². The molecule has 0 saturated heterocycles. The number of pyridine rings is 1. The normalized spacial score (nSPS) is 10.8. The monoisotopic (exact) mass is 311 g/mol. The molecule has 3 rings (SSSR count). The maximum atomic E-state index is 5.97. The highest BCUT2D eigenvalue weighted by molar-refractivity contribution is 6.30. The fraction of sp³-hybridized carbons (Fsp3) is 0.167. The molecule has 0 bridgehead atoms. The van der Waals surface area contributed by atoms with Crippen molar-refractivity contribution in [2.24, 2.45) is 5.73 Å². The molecule has 0 amide bonds. The van der Waals surface area contributed by atoms with Crippen LogP contribution in [0.25, 0.3) is 22.0 Å². The summed E-state index contributed by atoms with van der Waals surface area (Å²) in [7, 11) is 0. The Labute approximate surface area is 135 Å². The molecule has 0 fully saturated rings. The Morgan fingerprint density at radius 3 is 2.59 bits per heavy atom. The van der Waals surface area contributed by atoms with Crippen molar-refractivity contribution < 1.29 is 0 Å². The summed E-state index contributed by atoms with van der Waals surface area (Å²) in [5.74, 6) is 0.900. The molecule has 0 aliphatic heterocycles. The van der Waals surface area contributed by atoms with Crippen LogP contribution in [0.3, 0.4) is 0 Å². The Morgan fingerprint density at radius 1 is 1.05 bits per heavy atom. The van der Waals surface area contributed by atoms with Crippen molar-refractivity contribution in [3.8, 4) is 11.3 Å². The first-order valence-electron chi connectivity index (χ1n) is 7.37. The molecule has 3 N–H and O–H groups in total. The van der Waals surface area contributed by atoms with Crippen LogP contribution in [0, 0.1) is 0 Å². The Hall–Kier alpha value is -2.10. The molecule has 3 aromatic rings. The van der Waals surface area contributed by atoms with Gasteiger partial charge in [0, 0.05) is 22.5 Å². The molecule has 2 aromatic carbocycles. The number of nitrogens with two attached hydrogens (primary N) is 1. The van der Waals surface area contributed by atoms with Crippen LogP contribution in [-0.4, -0.2) is 18.1 Å². The van der Waals surface area contributed by atoms with Crippen LogP contribution >= 0.6 is 11.6 Å². The van der Waals surface area contributed by atoms with Crippen LogP contribution in [0.2, 0.25) is 5.02 Å². The second-order valence-corrected chi connectivity index (χ2v) is 5.59. The molecule has 0 aliphatic rings. The van der Waals surface area contributed by atoms with Crippen molar-refractivity contribution in [1.82, 2.24) is 4.98 Å². The van der Waals surface area contributed by atoms with Crippen LogP contribution in [0.1, 0.15) is 6.42 Å². The molecular weight excluding hydrogens is 294 g/mol. The van der Waals surface area contributed by atoms with Gasteiger partial charge in [-0.1, -0.05) is 48.0 Å². The number of rotatable bonds is 5. The minimum absolute atomic E-state index is 0.668. The van der Waals surface area contributed by atoms with Gasteiger partial charge in [-0.25, -0.2) is 4.98 Å². The van der Waals surface area contributed by atoms with E-state index in [2.05, 4.69) is 23.5 Å². The second kappa shape index (κ2) is 6.77. The number of nitrogens with one attached hydrogen (secondary N) is 1. The zero-order valence-electron chi connectivity index (χ0n) is 12.2. The van der Waals surface area contributed by atoms with Gasteiger partial charge in [-0.15, -0.1) is 0 Å². The van der Waals surface area contributed by atoms with Crippen LogP contribution in [0.15, 0.2) is 54.6 Å². The molecular formula is C18H18ClN3. The third-order valence-electron chi connectivity index (χ3n) is 3.55. The van der Waals surface area contributed by atoms with Crippen LogP contribution in [0.5, 0.6) is 0 Å². The fourth-order valence-electron chi connectivity index (χ4n) is 2.41. The lowest BCUT2D eigenvalue weighted by molar-refractivity contribution is 0.871. The van der Waals surface area contributed by atoms with E-state index in [0.29, 0.717) is 6.54 Å². The standard InChI is InChI=1S/C18H18ClN3/c19-15-8-6-13(7-9-15)17-12-14-4-1-2-5-16(14)18(22-17)21-11-3-10-20/h1-2,4-9,12H,3,10-11,20H2,(H,21,22).